The van der Waals surface area contributed by atoms with E-state index in [9.17, 15) is 24.3 Å². The number of carbonyl (C=O) groups excluding carboxylic acids is 3. The van der Waals surface area contributed by atoms with E-state index in [1.807, 2.05) is 0 Å². The number of nitrogens with zero attached hydrogens (tertiary/aromatic N) is 3. The van der Waals surface area contributed by atoms with Crippen LogP contribution in [0.3, 0.4) is 0 Å². The van der Waals surface area contributed by atoms with Gasteiger partial charge in [0.1, 0.15) is 29.9 Å². The third-order valence-corrected chi connectivity index (χ3v) is 6.03. The number of nitrogen functional groups attached to an aromatic ring is 1. The topological polar surface area (TPSA) is 200 Å². The van der Waals surface area contributed by atoms with E-state index < -0.39 is 35.3 Å². The average Bonchev–Trinajstić information content (AvgIpc) is 3.11. The van der Waals surface area contributed by atoms with Gasteiger partial charge in [0.05, 0.1) is 5.69 Å². The SMILES string of the molecule is NC(=O)OCC1=C(C(=O)O)N2C(=O)C(NC(=O)C=NOCc3csc(N)n3)[C@@H]2SC1. The van der Waals surface area contributed by atoms with E-state index in [4.69, 9.17) is 16.3 Å². The fourth-order valence-corrected chi connectivity index (χ4v) is 4.60. The molecule has 0 spiro atoms. The number of ether oxygens (including phenoxy) is 1. The number of carboxylic acid groups (broad SMARTS) is 1. The van der Waals surface area contributed by atoms with Gasteiger partial charge in [-0.2, -0.15) is 0 Å². The molecule has 0 bridgehead atoms. The second kappa shape index (κ2) is 9.00. The van der Waals surface area contributed by atoms with E-state index in [2.05, 4.69) is 20.2 Å². The lowest BCUT2D eigenvalue weighted by atomic mass is 10.0. The molecular weight excluding hydrogens is 440 g/mol. The summed E-state index contributed by atoms with van der Waals surface area (Å²) >= 11 is 2.46. The summed E-state index contributed by atoms with van der Waals surface area (Å²) in [5, 5.41) is 16.9. The maximum atomic E-state index is 12.4. The lowest BCUT2D eigenvalue weighted by Gasteiger charge is -2.49. The van der Waals surface area contributed by atoms with Crippen molar-refractivity contribution in [3.05, 3.63) is 22.3 Å². The minimum absolute atomic E-state index is 0.0228. The molecule has 3 amide bonds. The molecule has 0 aromatic carbocycles. The molecule has 30 heavy (non-hydrogen) atoms. The molecule has 0 radical (unpaired) electrons. The number of thiazole rings is 1. The summed E-state index contributed by atoms with van der Waals surface area (Å²) in [6, 6.07) is -0.930. The van der Waals surface area contributed by atoms with Gasteiger partial charge in [-0.25, -0.2) is 14.6 Å². The Morgan fingerprint density at radius 3 is 2.83 bits per heavy atom. The number of carboxylic acids is 1. The molecular formula is C15H16N6O7S2. The summed E-state index contributed by atoms with van der Waals surface area (Å²) in [7, 11) is 0. The Hall–Kier alpha value is -3.33. The Balaban J connectivity index is 1.56. The second-order valence-corrected chi connectivity index (χ2v) is 7.94. The van der Waals surface area contributed by atoms with Gasteiger partial charge in [-0.3, -0.25) is 14.5 Å². The molecule has 15 heteroatoms. The summed E-state index contributed by atoms with van der Waals surface area (Å²) in [5.74, 6) is -2.46. The van der Waals surface area contributed by atoms with Crippen molar-refractivity contribution >= 4 is 58.3 Å². The smallest absolute Gasteiger partial charge is 0.404 e. The third-order valence-electron chi connectivity index (χ3n) is 3.96. The van der Waals surface area contributed by atoms with Crippen LogP contribution in [-0.4, -0.2) is 68.9 Å². The molecule has 1 aromatic rings. The van der Waals surface area contributed by atoms with Crippen LogP contribution in [0.2, 0.25) is 0 Å². The zero-order chi connectivity index (χ0) is 21.8. The van der Waals surface area contributed by atoms with E-state index in [0.29, 0.717) is 10.8 Å². The number of oxime groups is 1. The zero-order valence-electron chi connectivity index (χ0n) is 15.1. The minimum atomic E-state index is -1.35. The number of β-lactam (4-membered cyclic amide) rings is 1. The molecule has 1 unspecified atom stereocenters. The lowest BCUT2D eigenvalue weighted by molar-refractivity contribution is -0.150. The van der Waals surface area contributed by atoms with Crippen molar-refractivity contribution in [2.75, 3.05) is 18.1 Å². The number of thioether (sulfide) groups is 1. The number of nitrogens with two attached hydrogens (primary N) is 2. The highest BCUT2D eigenvalue weighted by Crippen LogP contribution is 2.40. The highest BCUT2D eigenvalue weighted by molar-refractivity contribution is 8.00. The molecule has 13 nitrogen and oxygen atoms in total. The maximum Gasteiger partial charge on any atom is 0.404 e. The van der Waals surface area contributed by atoms with E-state index in [1.54, 1.807) is 5.38 Å². The first-order valence-corrected chi connectivity index (χ1v) is 10.2. The van der Waals surface area contributed by atoms with Crippen molar-refractivity contribution < 1.29 is 33.9 Å². The van der Waals surface area contributed by atoms with Crippen LogP contribution in [0.15, 0.2) is 21.8 Å². The standard InChI is InChI=1S/C15H16N6O7S2/c16-14-19-7(5-30-14)3-28-18-1-8(22)20-9-11(23)21-10(13(24)25)6(2-27-15(17)26)4-29-12(9)21/h1,5,9,12H,2-4H2,(H2,16,19)(H2,17,26)(H,20,22)(H,24,25)/t9?,12-/m0/s1. The van der Waals surface area contributed by atoms with Crippen LogP contribution in [0, 0.1) is 0 Å². The molecule has 160 valence electrons. The van der Waals surface area contributed by atoms with Gasteiger partial charge >= 0.3 is 12.1 Å². The quantitative estimate of drug-likeness (QED) is 0.215. The summed E-state index contributed by atoms with van der Waals surface area (Å²) in [4.78, 5) is 56.7. The van der Waals surface area contributed by atoms with Gasteiger partial charge in [0.15, 0.2) is 11.7 Å². The lowest BCUT2D eigenvalue weighted by Crippen LogP contribution is -2.70. The van der Waals surface area contributed by atoms with Gasteiger partial charge in [-0.1, -0.05) is 5.16 Å². The van der Waals surface area contributed by atoms with Gasteiger partial charge in [0.2, 0.25) is 0 Å². The summed E-state index contributed by atoms with van der Waals surface area (Å²) in [5.41, 5.74) is 10.9. The van der Waals surface area contributed by atoms with Crippen molar-refractivity contribution in [1.29, 1.82) is 0 Å². The maximum absolute atomic E-state index is 12.4. The van der Waals surface area contributed by atoms with Gasteiger partial charge in [0, 0.05) is 16.7 Å². The zero-order valence-corrected chi connectivity index (χ0v) is 16.8. The molecule has 2 aliphatic rings. The van der Waals surface area contributed by atoms with Crippen LogP contribution >= 0.6 is 23.1 Å². The number of hydrogen-bond donors (Lipinski definition) is 4. The largest absolute Gasteiger partial charge is 0.477 e. The van der Waals surface area contributed by atoms with Gasteiger partial charge < -0.3 is 31.5 Å². The van der Waals surface area contributed by atoms with Crippen LogP contribution in [-0.2, 0) is 30.6 Å². The Morgan fingerprint density at radius 2 is 2.20 bits per heavy atom. The predicted octanol–water partition coefficient (Wildman–Crippen LogP) is -0.938. The van der Waals surface area contributed by atoms with Gasteiger partial charge in [0.25, 0.3) is 11.8 Å². The van der Waals surface area contributed by atoms with E-state index in [0.717, 1.165) is 11.1 Å². The van der Waals surface area contributed by atoms with E-state index in [-0.39, 0.29) is 30.2 Å². The predicted molar refractivity (Wildman–Crippen MR) is 105 cm³/mol. The molecule has 3 heterocycles. The van der Waals surface area contributed by atoms with Crippen LogP contribution in [0.25, 0.3) is 0 Å². The Bertz CT molecular complexity index is 946. The first kappa shape index (κ1) is 21.4. The van der Waals surface area contributed by atoms with Crippen molar-refractivity contribution in [2.24, 2.45) is 10.9 Å². The van der Waals surface area contributed by atoms with Gasteiger partial charge in [-0.05, 0) is 0 Å². The van der Waals surface area contributed by atoms with Crippen molar-refractivity contribution in [3.63, 3.8) is 0 Å². The minimum Gasteiger partial charge on any atom is -0.477 e. The van der Waals surface area contributed by atoms with Crippen LogP contribution in [0.4, 0.5) is 9.93 Å². The Kier molecular flexibility index (Phi) is 6.41. The first-order valence-electron chi connectivity index (χ1n) is 8.26. The highest BCUT2D eigenvalue weighted by atomic mass is 32.2. The number of hydrogen-bond acceptors (Lipinski definition) is 11. The molecule has 1 saturated heterocycles. The molecule has 2 aliphatic heterocycles. The summed E-state index contributed by atoms with van der Waals surface area (Å²) in [6.45, 7) is -0.318. The molecule has 1 aromatic heterocycles. The number of aromatic nitrogens is 1. The molecule has 2 atom stereocenters. The second-order valence-electron chi connectivity index (χ2n) is 5.95. The number of primary amides is 1. The number of carbonyl (C=O) groups is 4. The van der Waals surface area contributed by atoms with E-state index in [1.165, 1.54) is 23.1 Å². The van der Waals surface area contributed by atoms with E-state index >= 15 is 0 Å². The number of fused-ring (bicyclic) bond motifs is 1. The fraction of sp³-hybridized carbons (Fsp3) is 0.333. The van der Waals surface area contributed by atoms with Crippen molar-refractivity contribution in [3.8, 4) is 0 Å². The van der Waals surface area contributed by atoms with Gasteiger partial charge in [-0.15, -0.1) is 23.1 Å². The van der Waals surface area contributed by atoms with Crippen LogP contribution in [0.5, 0.6) is 0 Å². The monoisotopic (exact) mass is 456 g/mol. The highest BCUT2D eigenvalue weighted by Gasteiger charge is 2.54. The molecule has 3 rings (SSSR count). The molecule has 0 saturated carbocycles. The summed E-state index contributed by atoms with van der Waals surface area (Å²) in [6.07, 6.45) is -0.196. The summed E-state index contributed by atoms with van der Waals surface area (Å²) < 4.78 is 4.64. The fourth-order valence-electron chi connectivity index (χ4n) is 2.72. The molecule has 6 N–H and O–H groups in total. The number of anilines is 1. The number of rotatable bonds is 8. The van der Waals surface area contributed by atoms with Crippen LogP contribution in [0.1, 0.15) is 5.69 Å². The Morgan fingerprint density at radius 1 is 1.43 bits per heavy atom. The van der Waals surface area contributed by atoms with Crippen molar-refractivity contribution in [2.45, 2.75) is 18.0 Å². The Labute approximate surface area is 177 Å². The molecule has 1 fully saturated rings. The average molecular weight is 456 g/mol. The first-order chi connectivity index (χ1) is 14.3. The number of amides is 3. The normalized spacial score (nSPS) is 20.5. The molecule has 0 aliphatic carbocycles. The number of aliphatic carboxylic acids is 1. The van der Waals surface area contributed by atoms with Crippen molar-refractivity contribution in [1.82, 2.24) is 15.2 Å². The number of nitrogens with one attached hydrogen (secondary N) is 1. The third kappa shape index (κ3) is 4.62. The van der Waals surface area contributed by atoms with Crippen LogP contribution < -0.4 is 16.8 Å².